The molecule has 2 aliphatic rings. The van der Waals surface area contributed by atoms with Gasteiger partial charge in [-0.1, -0.05) is 30.3 Å². The molecule has 31 heavy (non-hydrogen) atoms. The van der Waals surface area contributed by atoms with Crippen LogP contribution in [0.2, 0.25) is 0 Å². The predicted octanol–water partition coefficient (Wildman–Crippen LogP) is 2.13. The fraction of sp³-hybridized carbons (Fsp3) is 0.409. The van der Waals surface area contributed by atoms with E-state index >= 15 is 0 Å². The van der Waals surface area contributed by atoms with Gasteiger partial charge < -0.3 is 14.4 Å². The van der Waals surface area contributed by atoms with Gasteiger partial charge in [-0.2, -0.15) is 4.98 Å². The Hall–Kier alpha value is -3.33. The van der Waals surface area contributed by atoms with Crippen LogP contribution in [0.3, 0.4) is 0 Å². The number of rotatable bonds is 3. The van der Waals surface area contributed by atoms with Crippen LogP contribution in [0.4, 0.5) is 5.95 Å². The average Bonchev–Trinajstić information content (AvgIpc) is 3.21. The third kappa shape index (κ3) is 3.44. The summed E-state index contributed by atoms with van der Waals surface area (Å²) >= 11 is 0. The van der Waals surface area contributed by atoms with Crippen molar-refractivity contribution in [2.75, 3.05) is 31.7 Å². The Bertz CT molecular complexity index is 1110. The molecule has 3 aromatic rings. The van der Waals surface area contributed by atoms with Gasteiger partial charge >= 0.3 is 5.97 Å². The Kier molecular flexibility index (Phi) is 4.90. The van der Waals surface area contributed by atoms with Crippen LogP contribution in [0.25, 0.3) is 11.4 Å². The molecule has 0 radical (unpaired) electrons. The molecule has 9 heteroatoms. The Morgan fingerprint density at radius 3 is 2.68 bits per heavy atom. The lowest BCUT2D eigenvalue weighted by atomic mass is 9.83. The molecular formula is C22H24N6O3. The van der Waals surface area contributed by atoms with E-state index in [1.165, 1.54) is 7.11 Å². The Morgan fingerprint density at radius 2 is 1.94 bits per heavy atom. The van der Waals surface area contributed by atoms with Gasteiger partial charge in [0.15, 0.2) is 5.82 Å². The van der Waals surface area contributed by atoms with Gasteiger partial charge in [0, 0.05) is 31.9 Å². The number of esters is 1. The van der Waals surface area contributed by atoms with Gasteiger partial charge in [-0.3, -0.25) is 0 Å². The van der Waals surface area contributed by atoms with Crippen LogP contribution in [0.15, 0.2) is 36.5 Å². The zero-order valence-electron chi connectivity index (χ0n) is 17.6. The molecule has 0 aliphatic carbocycles. The lowest BCUT2D eigenvalue weighted by Crippen LogP contribution is -2.48. The molecule has 160 valence electrons. The molecule has 0 amide bonds. The molecule has 1 saturated heterocycles. The molecule has 1 spiro atoms. The van der Waals surface area contributed by atoms with Gasteiger partial charge in [0.05, 0.1) is 19.4 Å². The average molecular weight is 420 g/mol. The maximum atomic E-state index is 11.8. The first kappa shape index (κ1) is 19.6. The van der Waals surface area contributed by atoms with E-state index in [1.807, 2.05) is 36.5 Å². The van der Waals surface area contributed by atoms with Crippen LogP contribution in [-0.2, 0) is 28.5 Å². The summed E-state index contributed by atoms with van der Waals surface area (Å²) in [6.07, 6.45) is 4.31. The highest BCUT2D eigenvalue weighted by molar-refractivity contribution is 5.85. The molecule has 9 nitrogen and oxygen atoms in total. The van der Waals surface area contributed by atoms with E-state index in [0.717, 1.165) is 55.0 Å². The summed E-state index contributed by atoms with van der Waals surface area (Å²) in [6, 6.07) is 10.0. The van der Waals surface area contributed by atoms with Crippen molar-refractivity contribution in [3.8, 4) is 11.4 Å². The van der Waals surface area contributed by atoms with Crippen LogP contribution in [0, 0.1) is 0 Å². The summed E-state index contributed by atoms with van der Waals surface area (Å²) in [5, 5.41) is 4.18. The lowest BCUT2D eigenvalue weighted by molar-refractivity contribution is -0.0802. The van der Waals surface area contributed by atoms with Gasteiger partial charge in [-0.15, -0.1) is 5.10 Å². The largest absolute Gasteiger partial charge is 0.463 e. The number of anilines is 1. The van der Waals surface area contributed by atoms with Gasteiger partial charge in [0.2, 0.25) is 5.95 Å². The highest BCUT2D eigenvalue weighted by Crippen LogP contribution is 2.41. The van der Waals surface area contributed by atoms with Crippen LogP contribution in [0.1, 0.15) is 34.7 Å². The molecule has 2 aromatic heterocycles. The zero-order valence-corrected chi connectivity index (χ0v) is 17.6. The summed E-state index contributed by atoms with van der Waals surface area (Å²) in [7, 11) is 3.11. The number of hydrogen-bond acceptors (Lipinski definition) is 8. The van der Waals surface area contributed by atoms with Crippen molar-refractivity contribution in [3.63, 3.8) is 0 Å². The van der Waals surface area contributed by atoms with E-state index in [4.69, 9.17) is 14.5 Å². The molecule has 0 N–H and O–H groups in total. The third-order valence-corrected chi connectivity index (χ3v) is 6.04. The first-order chi connectivity index (χ1) is 15.1. The second-order valence-corrected chi connectivity index (χ2v) is 7.86. The Balaban J connectivity index is 1.41. The fourth-order valence-electron chi connectivity index (χ4n) is 4.41. The number of carbonyl (C=O) groups is 1. The van der Waals surface area contributed by atoms with Crippen LogP contribution in [0.5, 0.6) is 0 Å². The van der Waals surface area contributed by atoms with Crippen LogP contribution < -0.4 is 4.90 Å². The van der Waals surface area contributed by atoms with Crippen LogP contribution >= 0.6 is 0 Å². The number of ether oxygens (including phenoxy) is 2. The number of aromatic nitrogens is 5. The summed E-state index contributed by atoms with van der Waals surface area (Å²) in [5.74, 6) is 0.909. The highest BCUT2D eigenvalue weighted by atomic mass is 16.5. The molecule has 5 rings (SSSR count). The predicted molar refractivity (Wildman–Crippen MR) is 113 cm³/mol. The van der Waals surface area contributed by atoms with E-state index in [9.17, 15) is 4.79 Å². The van der Waals surface area contributed by atoms with E-state index in [2.05, 4.69) is 20.0 Å². The molecule has 1 fully saturated rings. The topological polar surface area (TPSA) is 95.3 Å². The fourth-order valence-corrected chi connectivity index (χ4v) is 4.41. The zero-order chi connectivity index (χ0) is 21.4. The van der Waals surface area contributed by atoms with E-state index in [0.29, 0.717) is 12.6 Å². The number of benzene rings is 1. The maximum Gasteiger partial charge on any atom is 0.378 e. The summed E-state index contributed by atoms with van der Waals surface area (Å²) < 4.78 is 12.7. The molecule has 0 atom stereocenters. The van der Waals surface area contributed by atoms with Gasteiger partial charge in [0.1, 0.15) is 5.60 Å². The quantitative estimate of drug-likeness (QED) is 0.595. The maximum absolute atomic E-state index is 11.8. The summed E-state index contributed by atoms with van der Waals surface area (Å²) in [4.78, 5) is 27.8. The first-order valence-electron chi connectivity index (χ1n) is 10.4. The standard InChI is InChI=1S/C22H24N6O3/c1-27-21(25-19(26-27)20(29)30-2)28-11-9-22(10-12-28)17-16(8-13-31-22)14-23-18(24-17)15-6-4-3-5-7-15/h3-7,14H,8-13H2,1-2H3. The normalized spacial score (nSPS) is 17.4. The van der Waals surface area contributed by atoms with Gasteiger partial charge in [0.25, 0.3) is 5.82 Å². The second kappa shape index (κ2) is 7.73. The van der Waals surface area contributed by atoms with Crippen molar-refractivity contribution in [1.82, 2.24) is 24.7 Å². The molecule has 0 unspecified atom stereocenters. The molecule has 2 aliphatic heterocycles. The smallest absolute Gasteiger partial charge is 0.378 e. The highest BCUT2D eigenvalue weighted by Gasteiger charge is 2.43. The minimum Gasteiger partial charge on any atom is -0.463 e. The number of piperidine rings is 1. The number of aryl methyl sites for hydroxylation is 1. The second-order valence-electron chi connectivity index (χ2n) is 7.86. The monoisotopic (exact) mass is 420 g/mol. The van der Waals surface area contributed by atoms with E-state index in [1.54, 1.807) is 11.7 Å². The Morgan fingerprint density at radius 1 is 1.16 bits per heavy atom. The molecular weight excluding hydrogens is 396 g/mol. The van der Waals surface area contributed by atoms with Crippen molar-refractivity contribution >= 4 is 11.9 Å². The van der Waals surface area contributed by atoms with Crippen molar-refractivity contribution < 1.29 is 14.3 Å². The van der Waals surface area contributed by atoms with Crippen molar-refractivity contribution in [2.45, 2.75) is 24.9 Å². The molecule has 0 saturated carbocycles. The van der Waals surface area contributed by atoms with Gasteiger partial charge in [-0.25, -0.2) is 19.4 Å². The number of methoxy groups -OCH3 is 1. The number of hydrogen-bond donors (Lipinski definition) is 0. The lowest BCUT2D eigenvalue weighted by Gasteiger charge is -2.44. The number of fused-ring (bicyclic) bond motifs is 2. The minimum absolute atomic E-state index is 0.0693. The number of nitrogens with zero attached hydrogens (tertiary/aromatic N) is 6. The third-order valence-electron chi connectivity index (χ3n) is 6.04. The molecule has 1 aromatic carbocycles. The van der Waals surface area contributed by atoms with Crippen molar-refractivity contribution in [3.05, 3.63) is 53.6 Å². The van der Waals surface area contributed by atoms with Crippen molar-refractivity contribution in [1.29, 1.82) is 0 Å². The van der Waals surface area contributed by atoms with Gasteiger partial charge in [-0.05, 0) is 24.8 Å². The molecule has 4 heterocycles. The van der Waals surface area contributed by atoms with E-state index < -0.39 is 11.6 Å². The Labute approximate surface area is 180 Å². The summed E-state index contributed by atoms with van der Waals surface area (Å²) in [5.41, 5.74) is 2.73. The first-order valence-corrected chi connectivity index (χ1v) is 10.4. The summed E-state index contributed by atoms with van der Waals surface area (Å²) in [6.45, 7) is 2.10. The SMILES string of the molecule is COC(=O)c1nc(N2CCC3(CC2)OCCc2cnc(-c4ccccc4)nc23)n(C)n1. The minimum atomic E-state index is -0.537. The van der Waals surface area contributed by atoms with Crippen LogP contribution in [-0.4, -0.2) is 57.5 Å². The van der Waals surface area contributed by atoms with Crippen molar-refractivity contribution in [2.24, 2.45) is 7.05 Å². The number of carbonyl (C=O) groups excluding carboxylic acids is 1. The molecule has 0 bridgehead atoms. The van der Waals surface area contributed by atoms with E-state index in [-0.39, 0.29) is 5.82 Å².